The molecule has 2 N–H and O–H groups in total. The van der Waals surface area contributed by atoms with Gasteiger partial charge in [0.25, 0.3) is 0 Å². The smallest absolute Gasteiger partial charge is 0.224 e. The third kappa shape index (κ3) is 6.12. The number of amides is 1. The van der Waals surface area contributed by atoms with Crippen molar-refractivity contribution >= 4 is 21.4 Å². The predicted molar refractivity (Wildman–Crippen MR) is 136 cm³/mol. The average Bonchev–Trinajstić information content (AvgIpc) is 2.71. The average molecular weight is 488 g/mol. The Morgan fingerprint density at radius 2 is 1.56 bits per heavy atom. The summed E-state index contributed by atoms with van der Waals surface area (Å²) < 4.78 is 32.2. The number of aromatic hydroxyl groups is 1. The molecule has 0 fully saturated rings. The second kappa shape index (κ2) is 9.61. The molecule has 7 heteroatoms. The number of benzene rings is 2. The topological polar surface area (TPSA) is 92.7 Å². The van der Waals surface area contributed by atoms with E-state index in [1.54, 1.807) is 12.1 Å². The summed E-state index contributed by atoms with van der Waals surface area (Å²) in [6.07, 6.45) is 2.24. The minimum atomic E-state index is -3.51. The number of hydrogen-bond donors (Lipinski definition) is 2. The van der Waals surface area contributed by atoms with Gasteiger partial charge in [0.1, 0.15) is 11.5 Å². The van der Waals surface area contributed by atoms with Gasteiger partial charge in [0.15, 0.2) is 9.84 Å². The molecule has 1 aliphatic rings. The summed E-state index contributed by atoms with van der Waals surface area (Å²) in [5.41, 5.74) is 2.39. The molecule has 0 saturated carbocycles. The summed E-state index contributed by atoms with van der Waals surface area (Å²) in [7, 11) is -3.51. The largest absolute Gasteiger partial charge is 0.507 e. The van der Waals surface area contributed by atoms with E-state index in [-0.39, 0.29) is 33.1 Å². The lowest BCUT2D eigenvalue weighted by Crippen LogP contribution is -2.19. The van der Waals surface area contributed by atoms with Gasteiger partial charge in [-0.3, -0.25) is 4.79 Å². The van der Waals surface area contributed by atoms with Crippen LogP contribution in [-0.4, -0.2) is 31.8 Å². The van der Waals surface area contributed by atoms with Gasteiger partial charge >= 0.3 is 0 Å². The Morgan fingerprint density at radius 1 is 0.941 bits per heavy atom. The zero-order chi connectivity index (χ0) is 25.3. The van der Waals surface area contributed by atoms with Crippen molar-refractivity contribution in [3.05, 3.63) is 47.0 Å². The van der Waals surface area contributed by atoms with Gasteiger partial charge in [-0.25, -0.2) is 8.42 Å². The number of carbonyl (C=O) groups excluding carboxylic acids is 1. The number of unbranched alkanes of at least 4 members (excludes halogenated alkanes) is 1. The highest BCUT2D eigenvalue weighted by Gasteiger charge is 2.29. The molecule has 0 radical (unpaired) electrons. The van der Waals surface area contributed by atoms with Crippen LogP contribution in [0.25, 0.3) is 0 Å². The molecule has 1 heterocycles. The Morgan fingerprint density at radius 3 is 2.15 bits per heavy atom. The molecule has 186 valence electrons. The SMILES string of the molecule is CC(C)(C)c1cc(S(=O)(=O)CCCCOc2ccc3c(c2)CCC(=O)N3)cc(C(C)(C)C)c1O. The highest BCUT2D eigenvalue weighted by atomic mass is 32.2. The molecule has 0 atom stereocenters. The van der Waals surface area contributed by atoms with Crippen LogP contribution < -0.4 is 10.1 Å². The fraction of sp³-hybridized carbons (Fsp3) is 0.519. The quantitative estimate of drug-likeness (QED) is 0.503. The minimum absolute atomic E-state index is 0.0184. The van der Waals surface area contributed by atoms with E-state index >= 15 is 0 Å². The molecule has 2 aromatic rings. The summed E-state index contributed by atoms with van der Waals surface area (Å²) >= 11 is 0. The van der Waals surface area contributed by atoms with Crippen molar-refractivity contribution < 1.29 is 23.1 Å². The lowest BCUT2D eigenvalue weighted by atomic mass is 9.79. The van der Waals surface area contributed by atoms with E-state index in [2.05, 4.69) is 5.32 Å². The lowest BCUT2D eigenvalue weighted by Gasteiger charge is -2.28. The Balaban J connectivity index is 1.65. The molecule has 3 rings (SSSR count). The van der Waals surface area contributed by atoms with Crippen LogP contribution in [0.5, 0.6) is 11.5 Å². The normalized spacial score (nSPS) is 14.5. The molecular weight excluding hydrogens is 450 g/mol. The van der Waals surface area contributed by atoms with Crippen LogP contribution in [0.4, 0.5) is 5.69 Å². The number of sulfone groups is 1. The van der Waals surface area contributed by atoms with E-state index in [0.717, 1.165) is 17.0 Å². The van der Waals surface area contributed by atoms with Crippen LogP contribution in [0.1, 0.15) is 77.5 Å². The molecule has 1 aliphatic heterocycles. The third-order valence-corrected chi connectivity index (χ3v) is 7.89. The van der Waals surface area contributed by atoms with Gasteiger partial charge in [-0.1, -0.05) is 41.5 Å². The summed E-state index contributed by atoms with van der Waals surface area (Å²) in [6, 6.07) is 8.85. The Bertz CT molecular complexity index is 1140. The number of aryl methyl sites for hydroxylation is 1. The highest BCUT2D eigenvalue weighted by molar-refractivity contribution is 7.91. The van der Waals surface area contributed by atoms with Crippen molar-refractivity contribution in [2.45, 2.75) is 83.0 Å². The van der Waals surface area contributed by atoms with E-state index in [9.17, 15) is 18.3 Å². The summed E-state index contributed by atoms with van der Waals surface area (Å²) in [5.74, 6) is 0.947. The first kappa shape index (κ1) is 26.1. The molecule has 0 aromatic heterocycles. The van der Waals surface area contributed by atoms with Crippen LogP contribution in [-0.2, 0) is 31.9 Å². The van der Waals surface area contributed by atoms with Gasteiger partial charge < -0.3 is 15.2 Å². The number of anilines is 1. The fourth-order valence-electron chi connectivity index (χ4n) is 4.08. The van der Waals surface area contributed by atoms with Crippen molar-refractivity contribution in [1.82, 2.24) is 0 Å². The molecule has 0 unspecified atom stereocenters. The van der Waals surface area contributed by atoms with E-state index in [1.165, 1.54) is 0 Å². The van der Waals surface area contributed by atoms with Crippen molar-refractivity contribution in [1.29, 1.82) is 0 Å². The second-order valence-electron chi connectivity index (χ2n) is 11.1. The van der Waals surface area contributed by atoms with Crippen molar-refractivity contribution in [2.24, 2.45) is 0 Å². The molecule has 0 saturated heterocycles. The predicted octanol–water partition coefficient (Wildman–Crippen LogP) is 5.50. The molecule has 0 spiro atoms. The van der Waals surface area contributed by atoms with E-state index in [1.807, 2.05) is 59.7 Å². The van der Waals surface area contributed by atoms with Gasteiger partial charge in [0.05, 0.1) is 17.3 Å². The number of carbonyl (C=O) groups is 1. The molecular formula is C27H37NO5S. The number of fused-ring (bicyclic) bond motifs is 1. The maximum atomic E-state index is 13.2. The number of phenolic OH excluding ortho intramolecular Hbond substituents is 1. The molecule has 2 aromatic carbocycles. The first-order valence-electron chi connectivity index (χ1n) is 11.8. The van der Waals surface area contributed by atoms with Crippen LogP contribution in [0.2, 0.25) is 0 Å². The summed E-state index contributed by atoms with van der Waals surface area (Å²) in [4.78, 5) is 11.7. The number of ether oxygens (including phenoxy) is 1. The minimum Gasteiger partial charge on any atom is -0.507 e. The first-order valence-corrected chi connectivity index (χ1v) is 13.5. The van der Waals surface area contributed by atoms with Gasteiger partial charge in [0.2, 0.25) is 5.91 Å². The van der Waals surface area contributed by atoms with E-state index in [4.69, 9.17) is 4.74 Å². The van der Waals surface area contributed by atoms with Crippen LogP contribution in [0.3, 0.4) is 0 Å². The molecule has 6 nitrogen and oxygen atoms in total. The van der Waals surface area contributed by atoms with Crippen LogP contribution in [0.15, 0.2) is 35.2 Å². The Hall–Kier alpha value is -2.54. The van der Waals surface area contributed by atoms with Gasteiger partial charge in [0, 0.05) is 23.2 Å². The van der Waals surface area contributed by atoms with E-state index in [0.29, 0.717) is 43.4 Å². The summed E-state index contributed by atoms with van der Waals surface area (Å²) in [5, 5.41) is 13.7. The zero-order valence-electron chi connectivity index (χ0n) is 21.1. The Labute approximate surface area is 203 Å². The van der Waals surface area contributed by atoms with Crippen LogP contribution in [0, 0.1) is 0 Å². The monoisotopic (exact) mass is 487 g/mol. The fourth-order valence-corrected chi connectivity index (χ4v) is 5.50. The highest BCUT2D eigenvalue weighted by Crippen LogP contribution is 2.41. The molecule has 0 aliphatic carbocycles. The molecule has 0 bridgehead atoms. The van der Waals surface area contributed by atoms with Crippen LogP contribution >= 0.6 is 0 Å². The first-order chi connectivity index (χ1) is 15.7. The second-order valence-corrected chi connectivity index (χ2v) is 13.2. The standard InChI is InChI=1S/C27H37NO5S/c1-26(2,3)21-16-20(17-22(25(21)30)27(4,5)6)34(31,32)14-8-7-13-33-19-10-11-23-18(15-19)9-12-24(29)28-23/h10-11,15-17,30H,7-9,12-14H2,1-6H3,(H,28,29). The maximum Gasteiger partial charge on any atom is 0.224 e. The number of hydrogen-bond acceptors (Lipinski definition) is 5. The van der Waals surface area contributed by atoms with Gasteiger partial charge in [-0.05, 0) is 66.0 Å². The number of nitrogens with one attached hydrogen (secondary N) is 1. The van der Waals surface area contributed by atoms with Gasteiger partial charge in [-0.2, -0.15) is 0 Å². The van der Waals surface area contributed by atoms with Crippen molar-refractivity contribution in [3.63, 3.8) is 0 Å². The maximum absolute atomic E-state index is 13.2. The Kier molecular flexibility index (Phi) is 7.37. The van der Waals surface area contributed by atoms with Gasteiger partial charge in [-0.15, -0.1) is 0 Å². The molecule has 34 heavy (non-hydrogen) atoms. The number of phenols is 1. The van der Waals surface area contributed by atoms with E-state index < -0.39 is 9.84 Å². The summed E-state index contributed by atoms with van der Waals surface area (Å²) in [6.45, 7) is 12.2. The lowest BCUT2D eigenvalue weighted by molar-refractivity contribution is -0.116. The van der Waals surface area contributed by atoms with Crippen molar-refractivity contribution in [3.8, 4) is 11.5 Å². The van der Waals surface area contributed by atoms with Crippen molar-refractivity contribution in [2.75, 3.05) is 17.7 Å². The zero-order valence-corrected chi connectivity index (χ0v) is 21.9. The number of rotatable bonds is 7. The third-order valence-electron chi connectivity index (χ3n) is 6.11. The molecule has 1 amide bonds.